The van der Waals surface area contributed by atoms with E-state index in [0.29, 0.717) is 19.1 Å². The maximum Gasteiger partial charge on any atom is 0.147 e. The molecule has 0 saturated heterocycles. The molecule has 1 aliphatic rings. The first-order chi connectivity index (χ1) is 8.99. The predicted molar refractivity (Wildman–Crippen MR) is 76.4 cm³/mol. The molecule has 0 amide bonds. The van der Waals surface area contributed by atoms with Crippen LogP contribution in [0.2, 0.25) is 0 Å². The lowest BCUT2D eigenvalue weighted by Crippen LogP contribution is -2.12. The molecule has 0 heterocycles. The minimum absolute atomic E-state index is 0.180. The molecule has 1 aliphatic carbocycles. The highest BCUT2D eigenvalue weighted by Crippen LogP contribution is 2.33. The number of ether oxygens (including phenoxy) is 1. The quantitative estimate of drug-likeness (QED) is 0.808. The van der Waals surface area contributed by atoms with Gasteiger partial charge in [-0.1, -0.05) is 6.07 Å². The van der Waals surface area contributed by atoms with Crippen molar-refractivity contribution in [3.8, 4) is 5.75 Å². The third kappa shape index (κ3) is 3.94. The first kappa shape index (κ1) is 14.3. The van der Waals surface area contributed by atoms with Crippen molar-refractivity contribution >= 4 is 9.84 Å². The van der Waals surface area contributed by atoms with Crippen LogP contribution in [0.5, 0.6) is 5.75 Å². The highest BCUT2D eigenvalue weighted by molar-refractivity contribution is 7.90. The summed E-state index contributed by atoms with van der Waals surface area (Å²) in [6.45, 7) is 0.446. The minimum Gasteiger partial charge on any atom is -0.494 e. The fourth-order valence-electron chi connectivity index (χ4n) is 2.49. The van der Waals surface area contributed by atoms with Crippen LogP contribution in [-0.4, -0.2) is 34.1 Å². The Labute approximate surface area is 115 Å². The second-order valence-electron chi connectivity index (χ2n) is 5.07. The Morgan fingerprint density at radius 2 is 2.21 bits per heavy atom. The van der Waals surface area contributed by atoms with Crippen LogP contribution in [0.3, 0.4) is 0 Å². The SMILES string of the molecule is CNC1CCc2cc(OCCCS(C)(=O)=O)ccc21. The minimum atomic E-state index is -2.89. The molecule has 1 N–H and O–H groups in total. The largest absolute Gasteiger partial charge is 0.494 e. The Bertz CT molecular complexity index is 540. The topological polar surface area (TPSA) is 55.4 Å². The van der Waals surface area contributed by atoms with Gasteiger partial charge in [-0.15, -0.1) is 0 Å². The number of hydrogen-bond donors (Lipinski definition) is 1. The molecule has 19 heavy (non-hydrogen) atoms. The van der Waals surface area contributed by atoms with Crippen molar-refractivity contribution in [1.82, 2.24) is 5.32 Å². The molecule has 4 nitrogen and oxygen atoms in total. The normalized spacial score (nSPS) is 18.3. The predicted octanol–water partition coefficient (Wildman–Crippen LogP) is 1.71. The Balaban J connectivity index is 1.89. The maximum absolute atomic E-state index is 11.0. The summed E-state index contributed by atoms with van der Waals surface area (Å²) >= 11 is 0. The average molecular weight is 283 g/mol. The molecular weight excluding hydrogens is 262 g/mol. The molecule has 1 atom stereocenters. The van der Waals surface area contributed by atoms with Gasteiger partial charge in [-0.3, -0.25) is 0 Å². The number of rotatable bonds is 6. The molecule has 2 rings (SSSR count). The van der Waals surface area contributed by atoms with E-state index >= 15 is 0 Å². The van der Waals surface area contributed by atoms with E-state index in [4.69, 9.17) is 4.74 Å². The van der Waals surface area contributed by atoms with Crippen molar-refractivity contribution in [3.05, 3.63) is 29.3 Å². The Hall–Kier alpha value is -1.07. The molecule has 5 heteroatoms. The highest BCUT2D eigenvalue weighted by Gasteiger charge is 2.20. The Morgan fingerprint density at radius 3 is 2.89 bits per heavy atom. The molecule has 1 aromatic rings. The van der Waals surface area contributed by atoms with E-state index < -0.39 is 9.84 Å². The summed E-state index contributed by atoms with van der Waals surface area (Å²) in [5.74, 6) is 1.02. The van der Waals surface area contributed by atoms with Crippen molar-refractivity contribution in [2.75, 3.05) is 25.7 Å². The van der Waals surface area contributed by atoms with E-state index in [1.165, 1.54) is 17.4 Å². The van der Waals surface area contributed by atoms with Gasteiger partial charge in [-0.2, -0.15) is 0 Å². The Kier molecular flexibility index (Phi) is 4.47. The highest BCUT2D eigenvalue weighted by atomic mass is 32.2. The summed E-state index contributed by atoms with van der Waals surface area (Å²) < 4.78 is 27.6. The van der Waals surface area contributed by atoms with Crippen molar-refractivity contribution in [2.24, 2.45) is 0 Å². The lowest BCUT2D eigenvalue weighted by Gasteiger charge is -2.11. The zero-order chi connectivity index (χ0) is 13.9. The average Bonchev–Trinajstić information content (AvgIpc) is 2.75. The fourth-order valence-corrected chi connectivity index (χ4v) is 3.14. The van der Waals surface area contributed by atoms with Gasteiger partial charge in [-0.05, 0) is 49.6 Å². The number of sulfone groups is 1. The summed E-state index contributed by atoms with van der Waals surface area (Å²) in [6.07, 6.45) is 3.99. The molecule has 0 radical (unpaired) electrons. The zero-order valence-electron chi connectivity index (χ0n) is 11.5. The van der Waals surface area contributed by atoms with Crippen LogP contribution in [-0.2, 0) is 16.3 Å². The van der Waals surface area contributed by atoms with Gasteiger partial charge in [-0.25, -0.2) is 8.42 Å². The molecule has 0 bridgehead atoms. The van der Waals surface area contributed by atoms with Crippen LogP contribution in [0, 0.1) is 0 Å². The third-order valence-corrected chi connectivity index (χ3v) is 4.50. The van der Waals surface area contributed by atoms with E-state index in [9.17, 15) is 8.42 Å². The van der Waals surface area contributed by atoms with E-state index in [1.807, 2.05) is 13.1 Å². The number of hydrogen-bond acceptors (Lipinski definition) is 4. The summed E-state index contributed by atoms with van der Waals surface area (Å²) in [5.41, 5.74) is 2.69. The van der Waals surface area contributed by atoms with Crippen LogP contribution in [0.15, 0.2) is 18.2 Å². The molecule has 0 fully saturated rings. The van der Waals surface area contributed by atoms with Gasteiger partial charge in [0.05, 0.1) is 12.4 Å². The van der Waals surface area contributed by atoms with Crippen LogP contribution in [0.4, 0.5) is 0 Å². The van der Waals surface area contributed by atoms with Crippen molar-refractivity contribution in [2.45, 2.75) is 25.3 Å². The maximum atomic E-state index is 11.0. The summed E-state index contributed by atoms with van der Waals surface area (Å²) in [5, 5.41) is 3.30. The first-order valence-corrected chi connectivity index (χ1v) is 8.66. The van der Waals surface area contributed by atoms with Gasteiger partial charge in [0.2, 0.25) is 0 Å². The van der Waals surface area contributed by atoms with Gasteiger partial charge in [0.25, 0.3) is 0 Å². The summed E-state index contributed by atoms with van der Waals surface area (Å²) in [7, 11) is -0.906. The van der Waals surface area contributed by atoms with Crippen LogP contribution in [0.1, 0.15) is 30.0 Å². The van der Waals surface area contributed by atoms with E-state index in [1.54, 1.807) is 0 Å². The van der Waals surface area contributed by atoms with Gasteiger partial charge >= 0.3 is 0 Å². The lowest BCUT2D eigenvalue weighted by atomic mass is 10.1. The monoisotopic (exact) mass is 283 g/mol. The third-order valence-electron chi connectivity index (χ3n) is 3.47. The van der Waals surface area contributed by atoms with E-state index in [2.05, 4.69) is 17.4 Å². The van der Waals surface area contributed by atoms with Gasteiger partial charge in [0.15, 0.2) is 0 Å². The number of aryl methyl sites for hydroxylation is 1. The summed E-state index contributed by atoms with van der Waals surface area (Å²) in [6, 6.07) is 6.60. The number of nitrogens with one attached hydrogen (secondary N) is 1. The molecule has 1 aromatic carbocycles. The van der Waals surface area contributed by atoms with E-state index in [0.717, 1.165) is 18.6 Å². The molecule has 106 valence electrons. The van der Waals surface area contributed by atoms with Crippen molar-refractivity contribution in [3.63, 3.8) is 0 Å². The molecule has 0 saturated carbocycles. The first-order valence-electron chi connectivity index (χ1n) is 6.60. The summed E-state index contributed by atoms with van der Waals surface area (Å²) in [4.78, 5) is 0. The molecular formula is C14H21NO3S. The molecule has 1 unspecified atom stereocenters. The smallest absolute Gasteiger partial charge is 0.147 e. The Morgan fingerprint density at radius 1 is 1.42 bits per heavy atom. The molecule has 0 aromatic heterocycles. The number of benzene rings is 1. The van der Waals surface area contributed by atoms with E-state index in [-0.39, 0.29) is 5.75 Å². The fraction of sp³-hybridized carbons (Fsp3) is 0.571. The van der Waals surface area contributed by atoms with Gasteiger partial charge < -0.3 is 10.1 Å². The zero-order valence-corrected chi connectivity index (χ0v) is 12.3. The van der Waals surface area contributed by atoms with Gasteiger partial charge in [0.1, 0.15) is 15.6 Å². The van der Waals surface area contributed by atoms with Crippen LogP contribution in [0.25, 0.3) is 0 Å². The van der Waals surface area contributed by atoms with Crippen molar-refractivity contribution < 1.29 is 13.2 Å². The molecule has 0 spiro atoms. The van der Waals surface area contributed by atoms with Gasteiger partial charge in [0, 0.05) is 12.3 Å². The van der Waals surface area contributed by atoms with Crippen LogP contribution >= 0.6 is 0 Å². The van der Waals surface area contributed by atoms with Crippen LogP contribution < -0.4 is 10.1 Å². The van der Waals surface area contributed by atoms with Crippen molar-refractivity contribution in [1.29, 1.82) is 0 Å². The second kappa shape index (κ2) is 5.92. The number of fused-ring (bicyclic) bond motifs is 1. The second-order valence-corrected chi connectivity index (χ2v) is 7.33. The standard InChI is InChI=1S/C14H21NO3S/c1-15-14-7-4-11-10-12(5-6-13(11)14)18-8-3-9-19(2,16)17/h5-6,10,14-15H,3-4,7-9H2,1-2H3. The lowest BCUT2D eigenvalue weighted by molar-refractivity contribution is 0.317. The molecule has 0 aliphatic heterocycles.